The van der Waals surface area contributed by atoms with E-state index in [1.165, 1.54) is 0 Å². The second kappa shape index (κ2) is 9.90. The van der Waals surface area contributed by atoms with Gasteiger partial charge in [-0.2, -0.15) is 10.4 Å². The normalized spacial score (nSPS) is 10.1. The smallest absolute Gasteiger partial charge is 0.187 e. The van der Waals surface area contributed by atoms with Crippen LogP contribution in [0.2, 0.25) is 0 Å². The first-order valence-corrected chi connectivity index (χ1v) is 7.92. The van der Waals surface area contributed by atoms with Gasteiger partial charge in [0, 0.05) is 6.54 Å². The van der Waals surface area contributed by atoms with Crippen LogP contribution in [0.5, 0.6) is 11.5 Å². The van der Waals surface area contributed by atoms with Gasteiger partial charge in [0.15, 0.2) is 11.7 Å². The van der Waals surface area contributed by atoms with Crippen LogP contribution in [0.1, 0.15) is 11.1 Å². The summed E-state index contributed by atoms with van der Waals surface area (Å²) in [6.07, 6.45) is 1.65. The molecule has 0 bridgehead atoms. The molecular weight excluding hydrogens is 336 g/mol. The van der Waals surface area contributed by atoms with Crippen LogP contribution in [-0.4, -0.2) is 25.0 Å². The lowest BCUT2D eigenvalue weighted by atomic mass is 10.2. The summed E-state index contributed by atoms with van der Waals surface area (Å²) in [5.41, 5.74) is 4.73. The van der Waals surface area contributed by atoms with Crippen molar-refractivity contribution < 1.29 is 9.47 Å². The second-order valence-corrected chi connectivity index (χ2v) is 5.32. The molecule has 2 N–H and O–H groups in total. The van der Waals surface area contributed by atoms with E-state index in [1.807, 2.05) is 42.5 Å². The minimum atomic E-state index is 0.0309. The number of nitrogens with one attached hydrogen (secondary N) is 2. The van der Waals surface area contributed by atoms with E-state index in [9.17, 15) is 0 Å². The fourth-order valence-electron chi connectivity index (χ4n) is 1.90. The van der Waals surface area contributed by atoms with Crippen molar-refractivity contribution in [3.63, 3.8) is 0 Å². The van der Waals surface area contributed by atoms with Gasteiger partial charge in [0.2, 0.25) is 0 Å². The number of ether oxygens (including phenoxy) is 2. The average molecular weight is 354 g/mol. The van der Waals surface area contributed by atoms with Gasteiger partial charge in [-0.3, -0.25) is 5.43 Å². The molecule has 0 spiro atoms. The summed E-state index contributed by atoms with van der Waals surface area (Å²) in [5, 5.41) is 16.0. The van der Waals surface area contributed by atoms with E-state index in [0.29, 0.717) is 17.4 Å². The average Bonchev–Trinajstić information content (AvgIpc) is 2.66. The molecule has 128 valence electrons. The molecule has 2 rings (SSSR count). The summed E-state index contributed by atoms with van der Waals surface area (Å²) in [6, 6.07) is 16.9. The highest BCUT2D eigenvalue weighted by atomic mass is 32.1. The van der Waals surface area contributed by atoms with Gasteiger partial charge in [-0.15, -0.1) is 0 Å². The lowest BCUT2D eigenvalue weighted by molar-refractivity contribution is 0.368. The van der Waals surface area contributed by atoms with Crippen LogP contribution >= 0.6 is 12.2 Å². The molecule has 0 aliphatic carbocycles. The predicted molar refractivity (Wildman–Crippen MR) is 101 cm³/mol. The molecule has 2 aromatic carbocycles. The number of hydrazone groups is 1. The highest BCUT2D eigenvalue weighted by molar-refractivity contribution is 7.80. The van der Waals surface area contributed by atoms with Crippen LogP contribution in [-0.2, 0) is 6.54 Å². The van der Waals surface area contributed by atoms with E-state index in [0.717, 1.165) is 16.9 Å². The van der Waals surface area contributed by atoms with Crippen molar-refractivity contribution in [3.8, 4) is 17.6 Å². The minimum Gasteiger partial charge on any atom is -0.497 e. The molecule has 0 radical (unpaired) electrons. The quantitative estimate of drug-likeness (QED) is 0.452. The molecular formula is C18H18N4O2S. The molecule has 0 heterocycles. The molecule has 0 aromatic heterocycles. The number of benzene rings is 2. The third kappa shape index (κ3) is 6.49. The number of hydrogen-bond donors (Lipinski definition) is 2. The third-order valence-corrected chi connectivity index (χ3v) is 3.41. The van der Waals surface area contributed by atoms with Crippen molar-refractivity contribution in [2.45, 2.75) is 6.54 Å². The maximum Gasteiger partial charge on any atom is 0.187 e. The molecule has 0 amide bonds. The van der Waals surface area contributed by atoms with Crippen molar-refractivity contribution in [3.05, 3.63) is 59.7 Å². The molecule has 0 aliphatic heterocycles. The summed E-state index contributed by atoms with van der Waals surface area (Å²) in [6.45, 7) is 0.624. The highest BCUT2D eigenvalue weighted by Crippen LogP contribution is 2.11. The maximum atomic E-state index is 8.46. The fraction of sp³-hybridized carbons (Fsp3) is 0.167. The topological polar surface area (TPSA) is 78.7 Å². The van der Waals surface area contributed by atoms with Crippen LogP contribution in [0.25, 0.3) is 0 Å². The Labute approximate surface area is 152 Å². The molecule has 0 aliphatic rings. The van der Waals surface area contributed by atoms with Crippen LogP contribution in [0, 0.1) is 11.3 Å². The van der Waals surface area contributed by atoms with Gasteiger partial charge in [-0.05, 0) is 59.7 Å². The van der Waals surface area contributed by atoms with Crippen molar-refractivity contribution in [1.29, 1.82) is 5.26 Å². The molecule has 0 fully saturated rings. The number of nitriles is 1. The van der Waals surface area contributed by atoms with E-state index >= 15 is 0 Å². The first-order valence-electron chi connectivity index (χ1n) is 7.51. The lowest BCUT2D eigenvalue weighted by Crippen LogP contribution is -2.31. The summed E-state index contributed by atoms with van der Waals surface area (Å²) >= 11 is 5.17. The molecule has 0 atom stereocenters. The zero-order valence-corrected chi connectivity index (χ0v) is 14.5. The summed E-state index contributed by atoms with van der Waals surface area (Å²) < 4.78 is 10.3. The Kier molecular flexibility index (Phi) is 7.22. The van der Waals surface area contributed by atoms with Gasteiger partial charge in [0.05, 0.1) is 13.3 Å². The Hall–Kier alpha value is -3.11. The summed E-state index contributed by atoms with van der Waals surface area (Å²) in [7, 11) is 1.64. The Morgan fingerprint density at radius 1 is 1.16 bits per heavy atom. The molecule has 7 heteroatoms. The molecule has 25 heavy (non-hydrogen) atoms. The highest BCUT2D eigenvalue weighted by Gasteiger charge is 1.97. The van der Waals surface area contributed by atoms with E-state index < -0.39 is 0 Å². The molecule has 0 saturated carbocycles. The second-order valence-electron chi connectivity index (χ2n) is 4.92. The van der Waals surface area contributed by atoms with E-state index in [2.05, 4.69) is 15.8 Å². The van der Waals surface area contributed by atoms with Crippen LogP contribution in [0.3, 0.4) is 0 Å². The first-order chi connectivity index (χ1) is 12.2. The standard InChI is InChI=1S/C18H18N4O2S/c1-23-16-6-2-14(3-7-16)12-20-18(25)22-21-13-15-4-8-17(9-5-15)24-11-10-19/h2-9,13H,11-12H2,1H3,(H2,20,22,25)/b21-13-. The SMILES string of the molecule is COc1ccc(CNC(=S)N/N=C\c2ccc(OCC#N)cc2)cc1. The zero-order chi connectivity index (χ0) is 17.9. The van der Waals surface area contributed by atoms with Crippen molar-refractivity contribution >= 4 is 23.5 Å². The van der Waals surface area contributed by atoms with Crippen LogP contribution in [0.4, 0.5) is 0 Å². The zero-order valence-electron chi connectivity index (χ0n) is 13.7. The predicted octanol–water partition coefficient (Wildman–Crippen LogP) is 2.60. The van der Waals surface area contributed by atoms with Gasteiger partial charge in [-0.25, -0.2) is 0 Å². The van der Waals surface area contributed by atoms with E-state index in [4.69, 9.17) is 27.0 Å². The Balaban J connectivity index is 1.75. The number of thiocarbonyl (C=S) groups is 1. The molecule has 2 aromatic rings. The van der Waals surface area contributed by atoms with E-state index in [-0.39, 0.29) is 6.61 Å². The van der Waals surface area contributed by atoms with Crippen molar-refractivity contribution in [2.24, 2.45) is 5.10 Å². The maximum absolute atomic E-state index is 8.46. The number of rotatable bonds is 7. The largest absolute Gasteiger partial charge is 0.497 e. The number of nitrogens with zero attached hydrogens (tertiary/aromatic N) is 2. The number of methoxy groups -OCH3 is 1. The Morgan fingerprint density at radius 3 is 2.48 bits per heavy atom. The summed E-state index contributed by atoms with van der Waals surface area (Å²) in [5.74, 6) is 1.46. The number of hydrogen-bond acceptors (Lipinski definition) is 5. The van der Waals surface area contributed by atoms with Crippen LogP contribution in [0.15, 0.2) is 53.6 Å². The minimum absolute atomic E-state index is 0.0309. The fourth-order valence-corrected chi connectivity index (χ4v) is 2.02. The first kappa shape index (κ1) is 18.2. The van der Waals surface area contributed by atoms with Gasteiger partial charge in [0.1, 0.15) is 17.6 Å². The van der Waals surface area contributed by atoms with Crippen molar-refractivity contribution in [1.82, 2.24) is 10.7 Å². The van der Waals surface area contributed by atoms with Gasteiger partial charge < -0.3 is 14.8 Å². The Morgan fingerprint density at radius 2 is 1.84 bits per heavy atom. The Bertz CT molecular complexity index is 752. The third-order valence-electron chi connectivity index (χ3n) is 3.18. The van der Waals surface area contributed by atoms with Gasteiger partial charge in [0.25, 0.3) is 0 Å². The van der Waals surface area contributed by atoms with E-state index in [1.54, 1.807) is 25.5 Å². The van der Waals surface area contributed by atoms with Crippen molar-refractivity contribution in [2.75, 3.05) is 13.7 Å². The molecule has 0 saturated heterocycles. The molecule has 6 nitrogen and oxygen atoms in total. The lowest BCUT2D eigenvalue weighted by Gasteiger charge is -2.07. The molecule has 0 unspecified atom stereocenters. The summed E-state index contributed by atoms with van der Waals surface area (Å²) in [4.78, 5) is 0. The van der Waals surface area contributed by atoms with Gasteiger partial charge >= 0.3 is 0 Å². The van der Waals surface area contributed by atoms with Crippen LogP contribution < -0.4 is 20.2 Å². The van der Waals surface area contributed by atoms with Gasteiger partial charge in [-0.1, -0.05) is 12.1 Å². The monoisotopic (exact) mass is 354 g/mol.